The van der Waals surface area contributed by atoms with Gasteiger partial charge < -0.3 is 15.7 Å². The van der Waals surface area contributed by atoms with Gasteiger partial charge in [-0.25, -0.2) is 4.39 Å². The quantitative estimate of drug-likeness (QED) is 0.771. The standard InChI is InChI=1S/C17H24ClFN2O2/c1-17(2,3)15(22)9-20-13-7-14(8-13)21-16(23)10-4-11(18)6-12(19)5-10/h4-6,13-15,20,22H,7-9H2,1-3H3,(H,21,23)/t13-,14-,15-/m0/s1. The monoisotopic (exact) mass is 342 g/mol. The second-order valence-corrected chi connectivity index (χ2v) is 7.72. The molecule has 0 spiro atoms. The maximum absolute atomic E-state index is 13.3. The molecule has 0 bridgehead atoms. The van der Waals surface area contributed by atoms with Crippen LogP contribution in [0.1, 0.15) is 44.0 Å². The third-order valence-corrected chi connectivity index (χ3v) is 4.42. The van der Waals surface area contributed by atoms with Gasteiger partial charge in [-0.2, -0.15) is 0 Å². The molecule has 0 heterocycles. The van der Waals surface area contributed by atoms with Crippen LogP contribution >= 0.6 is 11.6 Å². The van der Waals surface area contributed by atoms with Crippen molar-refractivity contribution in [2.75, 3.05) is 6.54 Å². The Kier molecular flexibility index (Phi) is 5.65. The zero-order valence-electron chi connectivity index (χ0n) is 13.7. The minimum atomic E-state index is -0.521. The van der Waals surface area contributed by atoms with Crippen LogP contribution in [0.5, 0.6) is 0 Å². The number of aliphatic hydroxyl groups excluding tert-OH is 1. The Labute approximate surface area is 141 Å². The van der Waals surface area contributed by atoms with E-state index in [4.69, 9.17) is 11.6 Å². The van der Waals surface area contributed by atoms with Crippen molar-refractivity contribution in [3.05, 3.63) is 34.6 Å². The predicted molar refractivity (Wildman–Crippen MR) is 89.2 cm³/mol. The molecule has 3 N–H and O–H groups in total. The van der Waals surface area contributed by atoms with Crippen LogP contribution < -0.4 is 10.6 Å². The highest BCUT2D eigenvalue weighted by Crippen LogP contribution is 2.23. The number of hydrogen-bond acceptors (Lipinski definition) is 3. The molecule has 0 aromatic heterocycles. The van der Waals surface area contributed by atoms with Gasteiger partial charge in [0.25, 0.3) is 5.91 Å². The van der Waals surface area contributed by atoms with Crippen LogP contribution in [-0.2, 0) is 0 Å². The SMILES string of the molecule is CC(C)(C)[C@@H](O)CN[C@H]1C[C@H](NC(=O)c2cc(F)cc(Cl)c2)C1. The highest BCUT2D eigenvalue weighted by molar-refractivity contribution is 6.31. The van der Waals surface area contributed by atoms with Crippen molar-refractivity contribution in [1.29, 1.82) is 0 Å². The summed E-state index contributed by atoms with van der Waals surface area (Å²) in [7, 11) is 0. The van der Waals surface area contributed by atoms with E-state index in [1.807, 2.05) is 20.8 Å². The molecule has 0 saturated heterocycles. The lowest BCUT2D eigenvalue weighted by atomic mass is 9.85. The number of hydrogen-bond donors (Lipinski definition) is 3. The summed E-state index contributed by atoms with van der Waals surface area (Å²) in [6.07, 6.45) is 1.18. The summed E-state index contributed by atoms with van der Waals surface area (Å²) in [4.78, 5) is 12.1. The molecule has 4 nitrogen and oxygen atoms in total. The molecule has 1 fully saturated rings. The molecule has 1 aromatic rings. The lowest BCUT2D eigenvalue weighted by molar-refractivity contribution is 0.0550. The van der Waals surface area contributed by atoms with Gasteiger partial charge in [0.2, 0.25) is 0 Å². The van der Waals surface area contributed by atoms with Crippen molar-refractivity contribution in [2.45, 2.75) is 51.8 Å². The van der Waals surface area contributed by atoms with E-state index in [-0.39, 0.29) is 34.0 Å². The topological polar surface area (TPSA) is 61.4 Å². The number of amides is 1. The molecular formula is C17H24ClFN2O2. The van der Waals surface area contributed by atoms with Gasteiger partial charge in [-0.3, -0.25) is 4.79 Å². The fraction of sp³-hybridized carbons (Fsp3) is 0.588. The van der Waals surface area contributed by atoms with E-state index in [9.17, 15) is 14.3 Å². The first-order valence-corrected chi connectivity index (χ1v) is 8.21. The fourth-order valence-electron chi connectivity index (χ4n) is 2.44. The summed E-state index contributed by atoms with van der Waals surface area (Å²) < 4.78 is 13.3. The second kappa shape index (κ2) is 7.16. The van der Waals surface area contributed by atoms with Crippen molar-refractivity contribution in [3.8, 4) is 0 Å². The molecule has 1 amide bonds. The van der Waals surface area contributed by atoms with Crippen LogP contribution in [0.25, 0.3) is 0 Å². The number of carbonyl (C=O) groups is 1. The van der Waals surface area contributed by atoms with Gasteiger partial charge in [0.05, 0.1) is 6.10 Å². The summed E-state index contributed by atoms with van der Waals surface area (Å²) >= 11 is 5.76. The zero-order chi connectivity index (χ0) is 17.2. The molecule has 2 rings (SSSR count). The van der Waals surface area contributed by atoms with Crippen LogP contribution in [0.4, 0.5) is 4.39 Å². The highest BCUT2D eigenvalue weighted by atomic mass is 35.5. The summed E-state index contributed by atoms with van der Waals surface area (Å²) in [5, 5.41) is 16.4. The third-order valence-electron chi connectivity index (χ3n) is 4.20. The molecule has 1 aliphatic carbocycles. The Morgan fingerprint density at radius 2 is 2.00 bits per heavy atom. The number of halogens is 2. The Balaban J connectivity index is 1.74. The molecule has 23 heavy (non-hydrogen) atoms. The Morgan fingerprint density at radius 1 is 1.35 bits per heavy atom. The average molecular weight is 343 g/mol. The van der Waals surface area contributed by atoms with E-state index in [1.54, 1.807) is 0 Å². The molecule has 128 valence electrons. The maximum atomic E-state index is 13.3. The molecule has 0 unspecified atom stereocenters. The number of rotatable bonds is 5. The van der Waals surface area contributed by atoms with Gasteiger partial charge in [-0.05, 0) is 36.5 Å². The number of aliphatic hydroxyl groups is 1. The zero-order valence-corrected chi connectivity index (χ0v) is 14.5. The van der Waals surface area contributed by atoms with E-state index in [1.165, 1.54) is 18.2 Å². The van der Waals surface area contributed by atoms with Gasteiger partial charge in [-0.1, -0.05) is 32.4 Å². The largest absolute Gasteiger partial charge is 0.391 e. The Hall–Kier alpha value is -1.17. The molecule has 1 aromatic carbocycles. The van der Waals surface area contributed by atoms with E-state index in [0.29, 0.717) is 6.54 Å². The Morgan fingerprint density at radius 3 is 2.57 bits per heavy atom. The van der Waals surface area contributed by atoms with Crippen molar-refractivity contribution in [2.24, 2.45) is 5.41 Å². The van der Waals surface area contributed by atoms with E-state index >= 15 is 0 Å². The van der Waals surface area contributed by atoms with E-state index < -0.39 is 11.9 Å². The minimum Gasteiger partial charge on any atom is -0.391 e. The minimum absolute atomic E-state index is 0.0637. The smallest absolute Gasteiger partial charge is 0.251 e. The van der Waals surface area contributed by atoms with Gasteiger partial charge in [0.1, 0.15) is 5.82 Å². The van der Waals surface area contributed by atoms with Crippen molar-refractivity contribution >= 4 is 17.5 Å². The van der Waals surface area contributed by atoms with Crippen LogP contribution in [0.2, 0.25) is 5.02 Å². The first-order valence-electron chi connectivity index (χ1n) is 7.83. The van der Waals surface area contributed by atoms with Crippen molar-refractivity contribution in [3.63, 3.8) is 0 Å². The molecule has 0 aliphatic heterocycles. The first kappa shape index (κ1) is 18.2. The van der Waals surface area contributed by atoms with Crippen LogP contribution in [0.3, 0.4) is 0 Å². The number of carbonyl (C=O) groups excluding carboxylic acids is 1. The Bertz CT molecular complexity index is 548. The average Bonchev–Trinajstić information content (AvgIpc) is 2.38. The molecule has 1 atom stereocenters. The van der Waals surface area contributed by atoms with E-state index in [0.717, 1.165) is 12.8 Å². The molecule has 0 radical (unpaired) electrons. The lowest BCUT2D eigenvalue weighted by Crippen LogP contribution is -2.54. The summed E-state index contributed by atoms with van der Waals surface area (Å²) in [6.45, 7) is 6.52. The highest BCUT2D eigenvalue weighted by Gasteiger charge is 2.31. The summed E-state index contributed by atoms with van der Waals surface area (Å²) in [5.41, 5.74) is 0.0793. The third kappa shape index (κ3) is 5.16. The van der Waals surface area contributed by atoms with Crippen molar-refractivity contribution in [1.82, 2.24) is 10.6 Å². The number of nitrogens with one attached hydrogen (secondary N) is 2. The fourth-order valence-corrected chi connectivity index (χ4v) is 2.66. The molecule has 6 heteroatoms. The van der Waals surface area contributed by atoms with Crippen LogP contribution in [0, 0.1) is 11.2 Å². The van der Waals surface area contributed by atoms with Gasteiger partial charge in [-0.15, -0.1) is 0 Å². The number of benzene rings is 1. The van der Waals surface area contributed by atoms with Crippen molar-refractivity contribution < 1.29 is 14.3 Å². The molecule has 1 saturated carbocycles. The van der Waals surface area contributed by atoms with E-state index in [2.05, 4.69) is 10.6 Å². The first-order chi connectivity index (χ1) is 10.6. The molecular weight excluding hydrogens is 319 g/mol. The molecule has 1 aliphatic rings. The maximum Gasteiger partial charge on any atom is 0.251 e. The van der Waals surface area contributed by atoms with Crippen LogP contribution in [-0.4, -0.2) is 35.7 Å². The summed E-state index contributed by atoms with van der Waals surface area (Å²) in [6, 6.07) is 4.15. The summed E-state index contributed by atoms with van der Waals surface area (Å²) in [5.74, 6) is -0.837. The van der Waals surface area contributed by atoms with Gasteiger partial charge in [0.15, 0.2) is 0 Å². The second-order valence-electron chi connectivity index (χ2n) is 7.29. The predicted octanol–water partition coefficient (Wildman–Crippen LogP) is 2.74. The van der Waals surface area contributed by atoms with Gasteiger partial charge in [0, 0.05) is 29.2 Å². The van der Waals surface area contributed by atoms with Crippen LogP contribution in [0.15, 0.2) is 18.2 Å². The normalized spacial score (nSPS) is 22.3. The lowest BCUT2D eigenvalue weighted by Gasteiger charge is -2.38. The van der Waals surface area contributed by atoms with Gasteiger partial charge >= 0.3 is 0 Å².